The van der Waals surface area contributed by atoms with Crippen LogP contribution in [0, 0.1) is 18.6 Å². The van der Waals surface area contributed by atoms with Crippen LogP contribution in [-0.2, 0) is 6.42 Å². The molecule has 2 aromatic carbocycles. The van der Waals surface area contributed by atoms with Gasteiger partial charge in [-0.25, -0.2) is 18.7 Å². The van der Waals surface area contributed by atoms with Gasteiger partial charge in [0.25, 0.3) is 5.91 Å². The minimum atomic E-state index is -1.03. The number of nitrogens with one attached hydrogen (secondary N) is 2. The van der Waals surface area contributed by atoms with E-state index in [0.29, 0.717) is 18.2 Å². The van der Waals surface area contributed by atoms with E-state index < -0.39 is 17.5 Å². The summed E-state index contributed by atoms with van der Waals surface area (Å²) in [6, 6.07) is 14.7. The molecule has 3 aromatic rings. The molecule has 0 spiro atoms. The Kier molecular flexibility index (Phi) is 5.71. The van der Waals surface area contributed by atoms with Gasteiger partial charge in [-0.05, 0) is 31.0 Å². The Labute approximate surface area is 155 Å². The van der Waals surface area contributed by atoms with Crippen LogP contribution in [0.1, 0.15) is 21.9 Å². The van der Waals surface area contributed by atoms with Gasteiger partial charge in [-0.3, -0.25) is 4.79 Å². The summed E-state index contributed by atoms with van der Waals surface area (Å²) in [5.74, 6) is -1.59. The molecule has 0 aliphatic heterocycles. The lowest BCUT2D eigenvalue weighted by Crippen LogP contribution is -2.16. The van der Waals surface area contributed by atoms with Gasteiger partial charge in [0.2, 0.25) is 0 Å². The number of hydrogen-bond donors (Lipinski definition) is 2. The smallest absolute Gasteiger partial charge is 0.274 e. The minimum absolute atomic E-state index is 0.134. The van der Waals surface area contributed by atoms with Crippen molar-refractivity contribution in [2.75, 3.05) is 17.2 Å². The second kappa shape index (κ2) is 8.35. The summed E-state index contributed by atoms with van der Waals surface area (Å²) in [7, 11) is 0. The molecule has 5 nitrogen and oxygen atoms in total. The molecule has 1 amide bonds. The standard InChI is InChI=1S/C20H18F2N4O/c1-13-24-18(20(27)26-15-7-8-16(21)17(22)11-15)12-19(25-13)23-10-9-14-5-3-2-4-6-14/h2-8,11-12H,9-10H2,1H3,(H,26,27)(H,23,24,25). The maximum absolute atomic E-state index is 13.3. The molecule has 138 valence electrons. The molecule has 0 fully saturated rings. The number of nitrogens with zero attached hydrogens (tertiary/aromatic N) is 2. The van der Waals surface area contributed by atoms with Crippen LogP contribution in [0.3, 0.4) is 0 Å². The zero-order chi connectivity index (χ0) is 19.2. The van der Waals surface area contributed by atoms with Crippen LogP contribution >= 0.6 is 0 Å². The van der Waals surface area contributed by atoms with Crippen LogP contribution in [0.2, 0.25) is 0 Å². The zero-order valence-electron chi connectivity index (χ0n) is 14.7. The zero-order valence-corrected chi connectivity index (χ0v) is 14.7. The lowest BCUT2D eigenvalue weighted by molar-refractivity contribution is 0.102. The molecule has 2 N–H and O–H groups in total. The van der Waals surface area contributed by atoms with Crippen molar-refractivity contribution < 1.29 is 13.6 Å². The van der Waals surface area contributed by atoms with Crippen molar-refractivity contribution in [2.45, 2.75) is 13.3 Å². The van der Waals surface area contributed by atoms with Crippen molar-refractivity contribution in [3.8, 4) is 0 Å². The number of rotatable bonds is 6. The number of hydrogen-bond acceptors (Lipinski definition) is 4. The quantitative estimate of drug-likeness (QED) is 0.691. The maximum Gasteiger partial charge on any atom is 0.274 e. The van der Waals surface area contributed by atoms with E-state index >= 15 is 0 Å². The number of amides is 1. The number of anilines is 2. The van der Waals surface area contributed by atoms with Crippen molar-refractivity contribution in [3.05, 3.63) is 83.3 Å². The fraction of sp³-hybridized carbons (Fsp3) is 0.150. The molecule has 0 radical (unpaired) electrons. The Morgan fingerprint density at radius 3 is 2.52 bits per heavy atom. The van der Waals surface area contributed by atoms with Gasteiger partial charge in [-0.15, -0.1) is 0 Å². The predicted molar refractivity (Wildman–Crippen MR) is 99.7 cm³/mol. The Morgan fingerprint density at radius 2 is 1.78 bits per heavy atom. The van der Waals surface area contributed by atoms with E-state index in [4.69, 9.17) is 0 Å². The first-order valence-corrected chi connectivity index (χ1v) is 8.41. The Hall–Kier alpha value is -3.35. The van der Waals surface area contributed by atoms with Crippen molar-refractivity contribution in [2.24, 2.45) is 0 Å². The first-order chi connectivity index (χ1) is 13.0. The van der Waals surface area contributed by atoms with Gasteiger partial charge in [-0.2, -0.15) is 0 Å². The molecule has 0 saturated carbocycles. The van der Waals surface area contributed by atoms with Crippen LogP contribution in [0.4, 0.5) is 20.3 Å². The maximum atomic E-state index is 13.3. The normalized spacial score (nSPS) is 10.5. The first kappa shape index (κ1) is 18.4. The third-order valence-electron chi connectivity index (χ3n) is 3.81. The van der Waals surface area contributed by atoms with Gasteiger partial charge in [0.1, 0.15) is 17.3 Å². The predicted octanol–water partition coefficient (Wildman–Crippen LogP) is 3.97. The molecule has 7 heteroatoms. The van der Waals surface area contributed by atoms with E-state index in [0.717, 1.165) is 18.6 Å². The first-order valence-electron chi connectivity index (χ1n) is 8.41. The van der Waals surface area contributed by atoms with E-state index in [1.807, 2.05) is 30.3 Å². The number of halogens is 2. The highest BCUT2D eigenvalue weighted by Crippen LogP contribution is 2.15. The molecule has 0 aliphatic carbocycles. The molecular weight excluding hydrogens is 350 g/mol. The molecule has 0 atom stereocenters. The summed E-state index contributed by atoms with van der Waals surface area (Å²) >= 11 is 0. The Balaban J connectivity index is 1.66. The van der Waals surface area contributed by atoms with Gasteiger partial charge in [0, 0.05) is 24.4 Å². The fourth-order valence-corrected chi connectivity index (χ4v) is 2.52. The van der Waals surface area contributed by atoms with Crippen LogP contribution in [0.5, 0.6) is 0 Å². The van der Waals surface area contributed by atoms with Gasteiger partial charge >= 0.3 is 0 Å². The van der Waals surface area contributed by atoms with Gasteiger partial charge in [-0.1, -0.05) is 30.3 Å². The van der Waals surface area contributed by atoms with Crippen LogP contribution < -0.4 is 10.6 Å². The summed E-state index contributed by atoms with van der Waals surface area (Å²) in [4.78, 5) is 20.7. The van der Waals surface area contributed by atoms with E-state index in [1.165, 1.54) is 17.7 Å². The van der Waals surface area contributed by atoms with E-state index in [1.54, 1.807) is 6.92 Å². The van der Waals surface area contributed by atoms with E-state index in [-0.39, 0.29) is 11.4 Å². The molecule has 0 aliphatic rings. The molecule has 0 bridgehead atoms. The van der Waals surface area contributed by atoms with Crippen LogP contribution in [-0.4, -0.2) is 22.4 Å². The van der Waals surface area contributed by atoms with Crippen molar-refractivity contribution >= 4 is 17.4 Å². The topological polar surface area (TPSA) is 66.9 Å². The summed E-state index contributed by atoms with van der Waals surface area (Å²) in [5.41, 5.74) is 1.47. The minimum Gasteiger partial charge on any atom is -0.370 e. The van der Waals surface area contributed by atoms with Gasteiger partial charge < -0.3 is 10.6 Å². The van der Waals surface area contributed by atoms with Crippen molar-refractivity contribution in [1.29, 1.82) is 0 Å². The van der Waals surface area contributed by atoms with Crippen LogP contribution in [0.25, 0.3) is 0 Å². The number of benzene rings is 2. The van der Waals surface area contributed by atoms with Crippen LogP contribution in [0.15, 0.2) is 54.6 Å². The average molecular weight is 368 g/mol. The third-order valence-corrected chi connectivity index (χ3v) is 3.81. The molecule has 0 unspecified atom stereocenters. The number of aromatic nitrogens is 2. The van der Waals surface area contributed by atoms with Crippen molar-refractivity contribution in [1.82, 2.24) is 9.97 Å². The summed E-state index contributed by atoms with van der Waals surface area (Å²) in [5, 5.41) is 5.67. The average Bonchev–Trinajstić information content (AvgIpc) is 2.65. The molecule has 27 heavy (non-hydrogen) atoms. The van der Waals surface area contributed by atoms with E-state index in [9.17, 15) is 13.6 Å². The number of aryl methyl sites for hydroxylation is 1. The van der Waals surface area contributed by atoms with Crippen molar-refractivity contribution in [3.63, 3.8) is 0 Å². The SMILES string of the molecule is Cc1nc(NCCc2ccccc2)cc(C(=O)Nc2ccc(F)c(F)c2)n1. The number of carbonyl (C=O) groups excluding carboxylic acids is 1. The Bertz CT molecular complexity index is 948. The Morgan fingerprint density at radius 1 is 1.00 bits per heavy atom. The fourth-order valence-electron chi connectivity index (χ4n) is 2.52. The summed E-state index contributed by atoms with van der Waals surface area (Å²) in [6.07, 6.45) is 0.806. The van der Waals surface area contributed by atoms with Gasteiger partial charge in [0.05, 0.1) is 0 Å². The molecule has 1 aromatic heterocycles. The highest BCUT2D eigenvalue weighted by Gasteiger charge is 2.12. The summed E-state index contributed by atoms with van der Waals surface area (Å²) < 4.78 is 26.3. The number of carbonyl (C=O) groups is 1. The third kappa shape index (κ3) is 5.07. The second-order valence-electron chi connectivity index (χ2n) is 5.93. The largest absolute Gasteiger partial charge is 0.370 e. The van der Waals surface area contributed by atoms with Gasteiger partial charge in [0.15, 0.2) is 11.6 Å². The monoisotopic (exact) mass is 368 g/mol. The van der Waals surface area contributed by atoms with E-state index in [2.05, 4.69) is 20.6 Å². The second-order valence-corrected chi connectivity index (χ2v) is 5.93. The molecule has 0 saturated heterocycles. The molecule has 1 heterocycles. The summed E-state index contributed by atoms with van der Waals surface area (Å²) in [6.45, 7) is 2.32. The molecular formula is C20H18F2N4O. The lowest BCUT2D eigenvalue weighted by Gasteiger charge is -2.09. The highest BCUT2D eigenvalue weighted by molar-refractivity contribution is 6.03. The lowest BCUT2D eigenvalue weighted by atomic mass is 10.1. The molecule has 3 rings (SSSR count). The highest BCUT2D eigenvalue weighted by atomic mass is 19.2.